The van der Waals surface area contributed by atoms with Crippen molar-refractivity contribution in [2.45, 2.75) is 39.3 Å². The van der Waals surface area contributed by atoms with Gasteiger partial charge in [0.05, 0.1) is 6.04 Å². The summed E-state index contributed by atoms with van der Waals surface area (Å²) < 4.78 is 5.37. The highest BCUT2D eigenvalue weighted by Gasteiger charge is 2.19. The quantitative estimate of drug-likeness (QED) is 0.747. The highest BCUT2D eigenvalue weighted by Crippen LogP contribution is 2.15. The Labute approximate surface area is 105 Å². The van der Waals surface area contributed by atoms with Crippen LogP contribution in [0.25, 0.3) is 0 Å². The monoisotopic (exact) mass is 254 g/mol. The number of furan rings is 1. The molecule has 1 unspecified atom stereocenters. The molecule has 0 aliphatic carbocycles. The second-order valence-electron chi connectivity index (χ2n) is 4.09. The lowest BCUT2D eigenvalue weighted by Gasteiger charge is -2.16. The molecule has 100 valence electrons. The lowest BCUT2D eigenvalue weighted by Crippen LogP contribution is -2.46. The van der Waals surface area contributed by atoms with Crippen molar-refractivity contribution < 1.29 is 19.1 Å². The van der Waals surface area contributed by atoms with Crippen molar-refractivity contribution >= 4 is 12.0 Å². The molecular weight excluding hydrogens is 236 g/mol. The van der Waals surface area contributed by atoms with Crippen LogP contribution in [0.4, 0.5) is 4.79 Å². The van der Waals surface area contributed by atoms with E-state index in [1.165, 1.54) is 0 Å². The lowest BCUT2D eigenvalue weighted by molar-refractivity contribution is -0.139. The lowest BCUT2D eigenvalue weighted by atomic mass is 10.2. The topological polar surface area (TPSA) is 91.6 Å². The van der Waals surface area contributed by atoms with Crippen molar-refractivity contribution in [3.05, 3.63) is 23.7 Å². The Morgan fingerprint density at radius 3 is 2.50 bits per heavy atom. The number of rotatable bonds is 5. The van der Waals surface area contributed by atoms with Crippen LogP contribution in [-0.2, 0) is 4.79 Å². The van der Waals surface area contributed by atoms with E-state index in [9.17, 15) is 9.59 Å². The SMILES string of the molecule is CC[C@H](NC(=O)NC(C)c1ccc(C)o1)C(=O)O. The van der Waals surface area contributed by atoms with Crippen LogP contribution in [0.3, 0.4) is 0 Å². The van der Waals surface area contributed by atoms with E-state index in [0.717, 1.165) is 5.76 Å². The highest BCUT2D eigenvalue weighted by atomic mass is 16.4. The van der Waals surface area contributed by atoms with Gasteiger partial charge in [0.1, 0.15) is 17.6 Å². The molecule has 0 bridgehead atoms. The Bertz CT molecular complexity index is 427. The van der Waals surface area contributed by atoms with Gasteiger partial charge >= 0.3 is 12.0 Å². The van der Waals surface area contributed by atoms with Gasteiger partial charge in [0, 0.05) is 0 Å². The van der Waals surface area contributed by atoms with Crippen LogP contribution in [-0.4, -0.2) is 23.1 Å². The summed E-state index contributed by atoms with van der Waals surface area (Å²) in [4.78, 5) is 22.3. The molecular formula is C12H18N2O4. The van der Waals surface area contributed by atoms with Crippen molar-refractivity contribution in [1.82, 2.24) is 10.6 Å². The number of hydrogen-bond acceptors (Lipinski definition) is 3. The molecule has 2 atom stereocenters. The Morgan fingerprint density at radius 2 is 2.06 bits per heavy atom. The van der Waals surface area contributed by atoms with Gasteiger partial charge in [-0.2, -0.15) is 0 Å². The van der Waals surface area contributed by atoms with Crippen molar-refractivity contribution in [3.8, 4) is 0 Å². The van der Waals surface area contributed by atoms with Crippen LogP contribution in [0.2, 0.25) is 0 Å². The molecule has 3 N–H and O–H groups in total. The predicted octanol–water partition coefficient (Wildman–Crippen LogP) is 1.81. The minimum absolute atomic E-state index is 0.315. The van der Waals surface area contributed by atoms with Crippen LogP contribution in [0.1, 0.15) is 37.8 Å². The smallest absolute Gasteiger partial charge is 0.326 e. The molecule has 1 aromatic heterocycles. The van der Waals surface area contributed by atoms with E-state index < -0.39 is 18.0 Å². The van der Waals surface area contributed by atoms with Crippen LogP contribution in [0.15, 0.2) is 16.5 Å². The molecule has 0 aliphatic heterocycles. The summed E-state index contributed by atoms with van der Waals surface area (Å²) in [6.07, 6.45) is 0.330. The highest BCUT2D eigenvalue weighted by molar-refractivity contribution is 5.82. The van der Waals surface area contributed by atoms with E-state index in [0.29, 0.717) is 12.2 Å². The van der Waals surface area contributed by atoms with Crippen molar-refractivity contribution in [1.29, 1.82) is 0 Å². The number of carboxylic acid groups (broad SMARTS) is 1. The minimum atomic E-state index is -1.05. The first-order valence-electron chi connectivity index (χ1n) is 5.80. The zero-order chi connectivity index (χ0) is 13.7. The molecule has 6 heteroatoms. The van der Waals surface area contributed by atoms with Crippen molar-refractivity contribution in [3.63, 3.8) is 0 Å². The van der Waals surface area contributed by atoms with Gasteiger partial charge in [-0.25, -0.2) is 9.59 Å². The number of amides is 2. The Kier molecular flexibility index (Phi) is 4.76. The molecule has 0 saturated carbocycles. The van der Waals surface area contributed by atoms with Crippen LogP contribution >= 0.6 is 0 Å². The van der Waals surface area contributed by atoms with Gasteiger partial charge in [-0.15, -0.1) is 0 Å². The molecule has 1 heterocycles. The van der Waals surface area contributed by atoms with Crippen LogP contribution < -0.4 is 10.6 Å². The van der Waals surface area contributed by atoms with Crippen LogP contribution in [0.5, 0.6) is 0 Å². The molecule has 0 aliphatic rings. The van der Waals surface area contributed by atoms with Crippen molar-refractivity contribution in [2.75, 3.05) is 0 Å². The summed E-state index contributed by atoms with van der Waals surface area (Å²) in [5.41, 5.74) is 0. The molecule has 0 aromatic carbocycles. The minimum Gasteiger partial charge on any atom is -0.480 e. The molecule has 0 spiro atoms. The maximum atomic E-state index is 11.6. The van der Waals surface area contributed by atoms with E-state index in [1.54, 1.807) is 26.0 Å². The van der Waals surface area contributed by atoms with E-state index in [4.69, 9.17) is 9.52 Å². The number of hydrogen-bond donors (Lipinski definition) is 3. The van der Waals surface area contributed by atoms with Crippen LogP contribution in [0, 0.1) is 6.92 Å². The van der Waals surface area contributed by atoms with Gasteiger partial charge in [-0.05, 0) is 32.4 Å². The Balaban J connectivity index is 2.52. The third-order valence-electron chi connectivity index (χ3n) is 2.55. The summed E-state index contributed by atoms with van der Waals surface area (Å²) in [6.45, 7) is 5.27. The number of urea groups is 1. The Hall–Kier alpha value is -1.98. The van der Waals surface area contributed by atoms with E-state index >= 15 is 0 Å². The maximum Gasteiger partial charge on any atom is 0.326 e. The van der Waals surface area contributed by atoms with Gasteiger partial charge in [0.25, 0.3) is 0 Å². The average Bonchev–Trinajstić information content (AvgIpc) is 2.72. The fourth-order valence-corrected chi connectivity index (χ4v) is 1.49. The molecule has 18 heavy (non-hydrogen) atoms. The summed E-state index contributed by atoms with van der Waals surface area (Å²) in [5.74, 6) is 0.344. The summed E-state index contributed by atoms with van der Waals surface area (Å²) in [7, 11) is 0. The second-order valence-corrected chi connectivity index (χ2v) is 4.09. The average molecular weight is 254 g/mol. The largest absolute Gasteiger partial charge is 0.480 e. The van der Waals surface area contributed by atoms with Crippen molar-refractivity contribution in [2.24, 2.45) is 0 Å². The predicted molar refractivity (Wildman–Crippen MR) is 65.2 cm³/mol. The second kappa shape index (κ2) is 6.09. The molecule has 0 radical (unpaired) electrons. The maximum absolute atomic E-state index is 11.6. The normalized spacial score (nSPS) is 13.7. The summed E-state index contributed by atoms with van der Waals surface area (Å²) in [6, 6.07) is 1.86. The van der Waals surface area contributed by atoms with E-state index in [1.807, 2.05) is 6.92 Å². The number of carbonyl (C=O) groups is 2. The number of nitrogens with one attached hydrogen (secondary N) is 2. The Morgan fingerprint density at radius 1 is 1.39 bits per heavy atom. The first-order valence-corrected chi connectivity index (χ1v) is 5.80. The number of carbonyl (C=O) groups excluding carboxylic acids is 1. The summed E-state index contributed by atoms with van der Waals surface area (Å²) >= 11 is 0. The fourth-order valence-electron chi connectivity index (χ4n) is 1.49. The number of carboxylic acids is 1. The number of aryl methyl sites for hydroxylation is 1. The zero-order valence-electron chi connectivity index (χ0n) is 10.7. The zero-order valence-corrected chi connectivity index (χ0v) is 10.7. The van der Waals surface area contributed by atoms with Gasteiger partial charge in [0.15, 0.2) is 0 Å². The van der Waals surface area contributed by atoms with E-state index in [2.05, 4.69) is 10.6 Å². The van der Waals surface area contributed by atoms with Gasteiger partial charge in [-0.3, -0.25) is 0 Å². The molecule has 1 rings (SSSR count). The number of aliphatic carboxylic acids is 1. The third-order valence-corrected chi connectivity index (χ3v) is 2.55. The molecule has 0 saturated heterocycles. The van der Waals surface area contributed by atoms with E-state index in [-0.39, 0.29) is 6.04 Å². The molecule has 2 amide bonds. The molecule has 1 aromatic rings. The molecule has 6 nitrogen and oxygen atoms in total. The van der Waals surface area contributed by atoms with Gasteiger partial charge in [0.2, 0.25) is 0 Å². The first kappa shape index (κ1) is 14.1. The first-order chi connectivity index (χ1) is 8.43. The van der Waals surface area contributed by atoms with Gasteiger partial charge < -0.3 is 20.2 Å². The standard InChI is InChI=1S/C12H18N2O4/c1-4-9(11(15)16)14-12(17)13-8(3)10-6-5-7(2)18-10/h5-6,8-9H,4H2,1-3H3,(H,15,16)(H2,13,14,17)/t8?,9-/m0/s1. The fraction of sp³-hybridized carbons (Fsp3) is 0.500. The third kappa shape index (κ3) is 3.80. The summed E-state index contributed by atoms with van der Waals surface area (Å²) in [5, 5.41) is 13.8. The molecule has 0 fully saturated rings. The van der Waals surface area contributed by atoms with Gasteiger partial charge in [-0.1, -0.05) is 6.92 Å².